The zero-order valence-electron chi connectivity index (χ0n) is 9.86. The smallest absolute Gasteiger partial charge is 0.310 e. The van der Waals surface area contributed by atoms with E-state index in [1.165, 1.54) is 32.1 Å². The third kappa shape index (κ3) is 1.42. The number of hydrogen-bond donors (Lipinski definition) is 1. The lowest BCUT2D eigenvalue weighted by atomic mass is 9.75. The van der Waals surface area contributed by atoms with Crippen molar-refractivity contribution in [2.75, 3.05) is 0 Å². The molecule has 0 aliphatic heterocycles. The van der Waals surface area contributed by atoms with Crippen LogP contribution in [0, 0.1) is 29.1 Å². The Kier molecular flexibility index (Phi) is 2.17. The van der Waals surface area contributed by atoms with Crippen LogP contribution in [0.3, 0.4) is 0 Å². The van der Waals surface area contributed by atoms with Crippen LogP contribution in [0.25, 0.3) is 0 Å². The van der Waals surface area contributed by atoms with Crippen molar-refractivity contribution in [1.82, 2.24) is 0 Å². The fourth-order valence-corrected chi connectivity index (χ4v) is 4.55. The molecule has 0 aromatic carbocycles. The first-order valence-electron chi connectivity index (χ1n) is 6.51. The third-order valence-corrected chi connectivity index (χ3v) is 5.16. The second kappa shape index (κ2) is 3.35. The third-order valence-electron chi connectivity index (χ3n) is 5.16. The Morgan fingerprint density at radius 3 is 2.50 bits per heavy atom. The van der Waals surface area contributed by atoms with E-state index in [-0.39, 0.29) is 5.92 Å². The van der Waals surface area contributed by atoms with Gasteiger partial charge in [-0.3, -0.25) is 4.79 Å². The van der Waals surface area contributed by atoms with Crippen molar-refractivity contribution in [3.63, 3.8) is 0 Å². The number of allylic oxidation sites excluding steroid dienone is 1. The van der Waals surface area contributed by atoms with Crippen molar-refractivity contribution in [3.05, 3.63) is 12.2 Å². The number of aliphatic carboxylic acids is 1. The van der Waals surface area contributed by atoms with Crippen LogP contribution in [0.5, 0.6) is 0 Å². The molecule has 4 bridgehead atoms. The quantitative estimate of drug-likeness (QED) is 0.742. The highest BCUT2D eigenvalue weighted by Gasteiger charge is 2.56. The Morgan fingerprint density at radius 1 is 1.31 bits per heavy atom. The Bertz CT molecular complexity index is 331. The van der Waals surface area contributed by atoms with E-state index in [2.05, 4.69) is 6.08 Å². The van der Waals surface area contributed by atoms with Crippen LogP contribution in [0.2, 0.25) is 0 Å². The van der Waals surface area contributed by atoms with Crippen molar-refractivity contribution in [2.45, 2.75) is 39.0 Å². The average Bonchev–Trinajstić information content (AvgIpc) is 2.60. The van der Waals surface area contributed by atoms with Gasteiger partial charge in [-0.1, -0.05) is 12.2 Å². The summed E-state index contributed by atoms with van der Waals surface area (Å²) in [5.74, 6) is 1.73. The Balaban J connectivity index is 1.78. The van der Waals surface area contributed by atoms with Gasteiger partial charge in [0.15, 0.2) is 0 Å². The molecule has 0 spiro atoms. The Labute approximate surface area is 96.7 Å². The van der Waals surface area contributed by atoms with Gasteiger partial charge in [-0.2, -0.15) is 0 Å². The van der Waals surface area contributed by atoms with Gasteiger partial charge < -0.3 is 5.11 Å². The molecule has 16 heavy (non-hydrogen) atoms. The number of carboxylic acids is 1. The molecule has 2 heteroatoms. The molecule has 0 aromatic rings. The lowest BCUT2D eigenvalue weighted by Crippen LogP contribution is -2.20. The van der Waals surface area contributed by atoms with Crippen molar-refractivity contribution in [1.29, 1.82) is 0 Å². The summed E-state index contributed by atoms with van der Waals surface area (Å²) in [6, 6.07) is 0. The van der Waals surface area contributed by atoms with Gasteiger partial charge in [0, 0.05) is 0 Å². The minimum atomic E-state index is -0.703. The fourth-order valence-electron chi connectivity index (χ4n) is 4.55. The van der Waals surface area contributed by atoms with Crippen molar-refractivity contribution < 1.29 is 9.90 Å². The summed E-state index contributed by atoms with van der Waals surface area (Å²) < 4.78 is 0. The molecule has 0 radical (unpaired) electrons. The van der Waals surface area contributed by atoms with Gasteiger partial charge in [0.1, 0.15) is 0 Å². The van der Waals surface area contributed by atoms with Crippen molar-refractivity contribution >= 4 is 5.97 Å². The van der Waals surface area contributed by atoms with E-state index < -0.39 is 5.97 Å². The number of rotatable bonds is 3. The normalized spacial score (nSPS) is 46.7. The van der Waals surface area contributed by atoms with Crippen LogP contribution in [0.1, 0.15) is 39.0 Å². The first-order valence-corrected chi connectivity index (χ1v) is 6.51. The second-order valence-corrected chi connectivity index (χ2v) is 6.26. The average molecular weight is 220 g/mol. The van der Waals surface area contributed by atoms with Crippen LogP contribution in [-0.2, 0) is 4.79 Å². The minimum Gasteiger partial charge on any atom is -0.481 e. The molecule has 4 saturated carbocycles. The molecule has 4 fully saturated rings. The van der Waals surface area contributed by atoms with Crippen LogP contribution < -0.4 is 0 Å². The Morgan fingerprint density at radius 2 is 1.94 bits per heavy atom. The molecule has 88 valence electrons. The largest absolute Gasteiger partial charge is 0.481 e. The number of carboxylic acid groups (broad SMARTS) is 1. The molecule has 4 rings (SSSR count). The van der Waals surface area contributed by atoms with Crippen molar-refractivity contribution in [3.8, 4) is 0 Å². The summed E-state index contributed by atoms with van der Waals surface area (Å²) in [6.07, 6.45) is 11.1. The SMILES string of the molecule is CC(/C=C/C12CC3CC1C[C@H](C3)C2)C(=O)O. The molecule has 4 aliphatic carbocycles. The zero-order chi connectivity index (χ0) is 11.3. The molecule has 5 atom stereocenters. The van der Waals surface area contributed by atoms with Crippen LogP contribution in [0.15, 0.2) is 12.2 Å². The molecule has 2 nitrogen and oxygen atoms in total. The number of hydrogen-bond acceptors (Lipinski definition) is 1. The fraction of sp³-hybridized carbons (Fsp3) is 0.786. The van der Waals surface area contributed by atoms with E-state index in [0.29, 0.717) is 5.41 Å². The van der Waals surface area contributed by atoms with Gasteiger partial charge >= 0.3 is 5.97 Å². The molecule has 4 unspecified atom stereocenters. The van der Waals surface area contributed by atoms with Crippen molar-refractivity contribution in [2.24, 2.45) is 29.1 Å². The maximum atomic E-state index is 10.8. The molecule has 4 aliphatic rings. The molecular weight excluding hydrogens is 200 g/mol. The highest BCUT2D eigenvalue weighted by Crippen LogP contribution is 2.66. The van der Waals surface area contributed by atoms with Crippen LogP contribution in [0.4, 0.5) is 0 Å². The molecule has 0 amide bonds. The van der Waals surface area contributed by atoms with Gasteiger partial charge in [0.05, 0.1) is 5.92 Å². The Hall–Kier alpha value is -0.790. The topological polar surface area (TPSA) is 37.3 Å². The van der Waals surface area contributed by atoms with E-state index in [0.717, 1.165) is 17.8 Å². The minimum absolute atomic E-state index is 0.326. The van der Waals surface area contributed by atoms with Gasteiger partial charge in [0.2, 0.25) is 0 Å². The maximum Gasteiger partial charge on any atom is 0.310 e. The van der Waals surface area contributed by atoms with Gasteiger partial charge in [-0.15, -0.1) is 0 Å². The summed E-state index contributed by atoms with van der Waals surface area (Å²) in [7, 11) is 0. The molecule has 0 aromatic heterocycles. The predicted octanol–water partition coefficient (Wildman–Crippen LogP) is 3.09. The predicted molar refractivity (Wildman–Crippen MR) is 61.9 cm³/mol. The lowest BCUT2D eigenvalue weighted by molar-refractivity contribution is -0.139. The summed E-state index contributed by atoms with van der Waals surface area (Å²) in [5.41, 5.74) is 0.400. The van der Waals surface area contributed by atoms with E-state index in [9.17, 15) is 4.79 Å². The second-order valence-electron chi connectivity index (χ2n) is 6.26. The summed E-state index contributed by atoms with van der Waals surface area (Å²) >= 11 is 0. The standard InChI is InChI=1S/C14H20O2/c1-9(13(15)16)2-3-14-7-10-4-11(8-14)6-12(14)5-10/h2-3,9-12H,4-8H2,1H3,(H,15,16)/b3-2+/t9?,10-,11?,12?,14?/m0/s1. The first-order chi connectivity index (χ1) is 7.59. The summed E-state index contributed by atoms with van der Waals surface area (Å²) in [6.45, 7) is 1.77. The van der Waals surface area contributed by atoms with E-state index >= 15 is 0 Å². The lowest BCUT2D eigenvalue weighted by Gasteiger charge is -2.30. The van der Waals surface area contributed by atoms with Gasteiger partial charge in [0.25, 0.3) is 0 Å². The van der Waals surface area contributed by atoms with E-state index in [4.69, 9.17) is 5.11 Å². The van der Waals surface area contributed by atoms with E-state index in [1.807, 2.05) is 6.08 Å². The molecule has 0 heterocycles. The zero-order valence-corrected chi connectivity index (χ0v) is 9.86. The highest BCUT2D eigenvalue weighted by atomic mass is 16.4. The van der Waals surface area contributed by atoms with Gasteiger partial charge in [-0.25, -0.2) is 0 Å². The molecular formula is C14H20O2. The first kappa shape index (κ1) is 10.4. The summed E-state index contributed by atoms with van der Waals surface area (Å²) in [5, 5.41) is 8.90. The van der Waals surface area contributed by atoms with Gasteiger partial charge in [-0.05, 0) is 62.2 Å². The van der Waals surface area contributed by atoms with Crippen LogP contribution >= 0.6 is 0 Å². The highest BCUT2D eigenvalue weighted by molar-refractivity contribution is 5.71. The number of carbonyl (C=O) groups is 1. The maximum absolute atomic E-state index is 10.8. The molecule has 0 saturated heterocycles. The van der Waals surface area contributed by atoms with E-state index in [1.54, 1.807) is 6.92 Å². The monoisotopic (exact) mass is 220 g/mol. The summed E-state index contributed by atoms with van der Waals surface area (Å²) in [4.78, 5) is 10.8. The van der Waals surface area contributed by atoms with Crippen LogP contribution in [-0.4, -0.2) is 11.1 Å². The molecule has 1 N–H and O–H groups in total.